The molecule has 0 amide bonds. The first-order valence-corrected chi connectivity index (χ1v) is 9.72. The molecule has 0 aromatic heterocycles. The summed E-state index contributed by atoms with van der Waals surface area (Å²) in [6.45, 7) is 8.82. The van der Waals surface area contributed by atoms with E-state index in [1.54, 1.807) is 0 Å². The van der Waals surface area contributed by atoms with Gasteiger partial charge in [0.1, 0.15) is 0 Å². The molecule has 0 radical (unpaired) electrons. The van der Waals surface area contributed by atoms with Gasteiger partial charge in [-0.3, -0.25) is 0 Å². The van der Waals surface area contributed by atoms with Gasteiger partial charge in [-0.25, -0.2) is 13.1 Å². The number of hydrogen-bond acceptors (Lipinski definition) is 4. The summed E-state index contributed by atoms with van der Waals surface area (Å²) in [5.74, 6) is 1.07. The highest BCUT2D eigenvalue weighted by Gasteiger charge is 2.24. The van der Waals surface area contributed by atoms with E-state index >= 15 is 0 Å². The zero-order valence-corrected chi connectivity index (χ0v) is 14.9. The van der Waals surface area contributed by atoms with Crippen LogP contribution in [0, 0.1) is 11.3 Å². The van der Waals surface area contributed by atoms with Crippen molar-refractivity contribution in [3.63, 3.8) is 0 Å². The minimum Gasteiger partial charge on any atom is -0.399 e. The lowest BCUT2D eigenvalue weighted by Gasteiger charge is -2.29. The predicted octanol–water partition coefficient (Wildman–Crippen LogP) is 2.96. The van der Waals surface area contributed by atoms with E-state index in [9.17, 15) is 8.42 Å². The van der Waals surface area contributed by atoms with Gasteiger partial charge in [0.15, 0.2) is 0 Å². The van der Waals surface area contributed by atoms with Crippen LogP contribution in [0.3, 0.4) is 0 Å². The lowest BCUT2D eigenvalue weighted by Crippen LogP contribution is -2.38. The highest BCUT2D eigenvalue weighted by Crippen LogP contribution is 2.25. The van der Waals surface area contributed by atoms with E-state index in [1.165, 1.54) is 11.8 Å². The summed E-state index contributed by atoms with van der Waals surface area (Å²) in [5, 5.41) is 0. The molecular formula is C15H26N2O2S2. The van der Waals surface area contributed by atoms with E-state index in [4.69, 9.17) is 5.73 Å². The lowest BCUT2D eigenvalue weighted by molar-refractivity contribution is 0.252. The summed E-state index contributed by atoms with van der Waals surface area (Å²) in [5.41, 5.74) is 6.28. The van der Waals surface area contributed by atoms with Gasteiger partial charge in [0.25, 0.3) is 0 Å². The van der Waals surface area contributed by atoms with Crippen LogP contribution in [0.2, 0.25) is 0 Å². The van der Waals surface area contributed by atoms with Gasteiger partial charge in [-0.2, -0.15) is 0 Å². The molecule has 1 aromatic carbocycles. The number of thioether (sulfide) groups is 1. The van der Waals surface area contributed by atoms with Gasteiger partial charge >= 0.3 is 0 Å². The number of rotatable bonds is 8. The van der Waals surface area contributed by atoms with Gasteiger partial charge in [0, 0.05) is 22.9 Å². The molecule has 21 heavy (non-hydrogen) atoms. The highest BCUT2D eigenvalue weighted by atomic mass is 32.2. The molecule has 1 rings (SSSR count). The Hall–Kier alpha value is -0.720. The van der Waals surface area contributed by atoms with E-state index < -0.39 is 10.0 Å². The Morgan fingerprint density at radius 2 is 1.81 bits per heavy atom. The number of benzene rings is 1. The second kappa shape index (κ2) is 7.51. The van der Waals surface area contributed by atoms with Crippen molar-refractivity contribution in [3.8, 4) is 0 Å². The monoisotopic (exact) mass is 330 g/mol. The minimum absolute atomic E-state index is 0.0445. The molecule has 0 bridgehead atoms. The van der Waals surface area contributed by atoms with Crippen LogP contribution in [0.25, 0.3) is 0 Å². The molecule has 0 heterocycles. The number of sulfonamides is 1. The molecular weight excluding hydrogens is 304 g/mol. The van der Waals surface area contributed by atoms with Crippen molar-refractivity contribution >= 4 is 27.5 Å². The van der Waals surface area contributed by atoms with Crippen LogP contribution < -0.4 is 10.5 Å². The van der Waals surface area contributed by atoms with Gasteiger partial charge in [-0.15, -0.1) is 11.8 Å². The normalized spacial score (nSPS) is 12.8. The minimum atomic E-state index is -3.22. The summed E-state index contributed by atoms with van der Waals surface area (Å²) in [6.07, 6.45) is 0. The van der Waals surface area contributed by atoms with Crippen LogP contribution in [0.1, 0.15) is 27.7 Å². The third-order valence-electron chi connectivity index (χ3n) is 3.81. The zero-order chi connectivity index (χ0) is 16.1. The molecule has 3 N–H and O–H groups in total. The number of anilines is 1. The van der Waals surface area contributed by atoms with Gasteiger partial charge in [0.05, 0.1) is 5.75 Å². The van der Waals surface area contributed by atoms with E-state index in [0.717, 1.165) is 4.90 Å². The zero-order valence-electron chi connectivity index (χ0n) is 13.2. The lowest BCUT2D eigenvalue weighted by atomic mass is 9.81. The summed E-state index contributed by atoms with van der Waals surface area (Å²) < 4.78 is 26.7. The Kier molecular flexibility index (Phi) is 6.56. The SMILES string of the molecule is CC(C)C(C)(C)CNS(=O)(=O)CCSc1ccc(N)cc1. The first-order chi connectivity index (χ1) is 9.62. The summed E-state index contributed by atoms with van der Waals surface area (Å²) in [4.78, 5) is 1.03. The fourth-order valence-corrected chi connectivity index (χ4v) is 3.92. The molecule has 0 aliphatic rings. The quantitative estimate of drug-likeness (QED) is 0.568. The molecule has 0 saturated carbocycles. The van der Waals surface area contributed by atoms with Gasteiger partial charge < -0.3 is 5.73 Å². The average molecular weight is 331 g/mol. The van der Waals surface area contributed by atoms with Crippen molar-refractivity contribution in [2.45, 2.75) is 32.6 Å². The number of hydrogen-bond donors (Lipinski definition) is 2. The molecule has 6 heteroatoms. The van der Waals surface area contributed by atoms with Crippen molar-refractivity contribution < 1.29 is 8.42 Å². The number of nitrogens with one attached hydrogen (secondary N) is 1. The van der Waals surface area contributed by atoms with Crippen molar-refractivity contribution in [3.05, 3.63) is 24.3 Å². The van der Waals surface area contributed by atoms with Gasteiger partial charge in [0.2, 0.25) is 10.0 Å². The topological polar surface area (TPSA) is 72.2 Å². The highest BCUT2D eigenvalue weighted by molar-refractivity contribution is 8.00. The van der Waals surface area contributed by atoms with E-state index in [1.807, 2.05) is 24.3 Å². The Balaban J connectivity index is 2.41. The van der Waals surface area contributed by atoms with E-state index in [2.05, 4.69) is 32.4 Å². The Morgan fingerprint density at radius 1 is 1.24 bits per heavy atom. The van der Waals surface area contributed by atoms with Crippen LogP contribution in [0.5, 0.6) is 0 Å². The van der Waals surface area contributed by atoms with E-state index in [-0.39, 0.29) is 11.2 Å². The first kappa shape index (κ1) is 18.3. The predicted molar refractivity (Wildman–Crippen MR) is 92.0 cm³/mol. The maximum Gasteiger partial charge on any atom is 0.212 e. The largest absolute Gasteiger partial charge is 0.399 e. The Morgan fingerprint density at radius 3 is 2.33 bits per heavy atom. The van der Waals surface area contributed by atoms with Crippen molar-refractivity contribution in [1.82, 2.24) is 4.72 Å². The van der Waals surface area contributed by atoms with Crippen LogP contribution in [-0.4, -0.2) is 26.5 Å². The average Bonchev–Trinajstić information content (AvgIpc) is 2.39. The fraction of sp³-hybridized carbons (Fsp3) is 0.600. The molecule has 4 nitrogen and oxygen atoms in total. The number of nitrogens with two attached hydrogens (primary N) is 1. The second-order valence-electron chi connectivity index (χ2n) is 6.20. The van der Waals surface area contributed by atoms with E-state index in [0.29, 0.717) is 23.9 Å². The summed E-state index contributed by atoms with van der Waals surface area (Å²) >= 11 is 1.52. The molecule has 120 valence electrons. The third-order valence-corrected chi connectivity index (χ3v) is 6.41. The fourth-order valence-electron chi connectivity index (χ4n) is 1.41. The second-order valence-corrected chi connectivity index (χ2v) is 9.30. The van der Waals surface area contributed by atoms with Crippen molar-refractivity contribution in [2.24, 2.45) is 11.3 Å². The smallest absolute Gasteiger partial charge is 0.212 e. The molecule has 0 saturated heterocycles. The first-order valence-electron chi connectivity index (χ1n) is 7.08. The van der Waals surface area contributed by atoms with Crippen LogP contribution in [0.15, 0.2) is 29.2 Å². The molecule has 0 aliphatic heterocycles. The van der Waals surface area contributed by atoms with Crippen molar-refractivity contribution in [2.75, 3.05) is 23.8 Å². The number of nitrogen functional groups attached to an aromatic ring is 1. The van der Waals surface area contributed by atoms with Gasteiger partial charge in [-0.1, -0.05) is 27.7 Å². The third kappa shape index (κ3) is 6.72. The molecule has 0 spiro atoms. The van der Waals surface area contributed by atoms with Crippen LogP contribution in [-0.2, 0) is 10.0 Å². The molecule has 1 aromatic rings. The molecule has 0 unspecified atom stereocenters. The standard InChI is InChI=1S/C15H26N2O2S2/c1-12(2)15(3,4)11-17-21(18,19)10-9-20-14-7-5-13(16)6-8-14/h5-8,12,17H,9-11,16H2,1-4H3. The maximum absolute atomic E-state index is 12.0. The van der Waals surface area contributed by atoms with Crippen LogP contribution >= 0.6 is 11.8 Å². The molecule has 0 aliphatic carbocycles. The van der Waals surface area contributed by atoms with Crippen molar-refractivity contribution in [1.29, 1.82) is 0 Å². The Bertz CT molecular complexity index is 537. The van der Waals surface area contributed by atoms with Gasteiger partial charge in [-0.05, 0) is 35.6 Å². The molecule has 0 fully saturated rings. The van der Waals surface area contributed by atoms with Crippen LogP contribution in [0.4, 0.5) is 5.69 Å². The Labute approximate surface area is 132 Å². The summed E-state index contributed by atoms with van der Waals surface area (Å²) in [6, 6.07) is 7.45. The maximum atomic E-state index is 12.0. The summed E-state index contributed by atoms with van der Waals surface area (Å²) in [7, 11) is -3.22. The molecule has 0 atom stereocenters.